The largest absolute Gasteiger partial charge is 0.393 e. The summed E-state index contributed by atoms with van der Waals surface area (Å²) >= 11 is 0. The monoisotopic (exact) mass is 427 g/mol. The summed E-state index contributed by atoms with van der Waals surface area (Å²) in [5.74, 6) is 7.49. The van der Waals surface area contributed by atoms with E-state index in [1.807, 2.05) is 18.2 Å². The van der Waals surface area contributed by atoms with E-state index < -0.39 is 0 Å². The molecule has 1 aromatic carbocycles. The number of nitrogens with zero attached hydrogens (tertiary/aromatic N) is 3. The van der Waals surface area contributed by atoms with Crippen molar-refractivity contribution in [2.75, 3.05) is 6.54 Å². The molecule has 1 aromatic rings. The highest BCUT2D eigenvalue weighted by atomic mass is 16.3. The number of allylic oxidation sites excluding steroid dienone is 4. The molecular weight excluding hydrogens is 398 g/mol. The maximum absolute atomic E-state index is 12.1. The molecule has 0 spiro atoms. The molecule has 2 saturated carbocycles. The number of hydrogen-bond donors (Lipinski definition) is 1. The van der Waals surface area contributed by atoms with Gasteiger partial charge in [0.25, 0.3) is 0 Å². The zero-order valence-corrected chi connectivity index (χ0v) is 18.6. The molecule has 0 saturated heterocycles. The van der Waals surface area contributed by atoms with E-state index in [-0.39, 0.29) is 29.8 Å². The molecular formula is C27H29N3O2. The van der Waals surface area contributed by atoms with Crippen LogP contribution in [0.4, 0.5) is 0 Å². The van der Waals surface area contributed by atoms with Gasteiger partial charge in [-0.15, -0.1) is 0 Å². The minimum atomic E-state index is -0.239. The molecule has 5 heteroatoms. The average Bonchev–Trinajstić information content (AvgIpc) is 3.10. The smallest absolute Gasteiger partial charge is 0.156 e. The second-order valence-electron chi connectivity index (χ2n) is 9.99. The van der Waals surface area contributed by atoms with Crippen LogP contribution in [0.25, 0.3) is 10.4 Å². The fourth-order valence-electron chi connectivity index (χ4n) is 6.94. The summed E-state index contributed by atoms with van der Waals surface area (Å²) < 4.78 is 0. The second-order valence-corrected chi connectivity index (χ2v) is 9.99. The zero-order chi connectivity index (χ0) is 22.3. The van der Waals surface area contributed by atoms with Gasteiger partial charge in [0, 0.05) is 22.8 Å². The molecule has 2 fully saturated rings. The normalized spacial score (nSPS) is 33.2. The van der Waals surface area contributed by atoms with Crippen molar-refractivity contribution in [1.29, 1.82) is 0 Å². The van der Waals surface area contributed by atoms with Gasteiger partial charge in [0.2, 0.25) is 0 Å². The SMILES string of the molecule is CC12C[C@H](c3ccc(C#CCN=[N+]=[N-])cc3)C3=C4CCC(=O)C=C4CCC3C1CCC2O. The molecule has 4 aliphatic carbocycles. The number of carbonyl (C=O) groups is 1. The quantitative estimate of drug-likeness (QED) is 0.288. The number of carbonyl (C=O) groups excluding carboxylic acids is 1. The third kappa shape index (κ3) is 3.48. The van der Waals surface area contributed by atoms with Crippen molar-refractivity contribution in [3.8, 4) is 11.8 Å². The number of aliphatic hydroxyl groups is 1. The molecule has 0 aliphatic heterocycles. The van der Waals surface area contributed by atoms with Crippen LogP contribution in [0.5, 0.6) is 0 Å². The van der Waals surface area contributed by atoms with Gasteiger partial charge in [-0.1, -0.05) is 41.6 Å². The van der Waals surface area contributed by atoms with E-state index in [9.17, 15) is 9.90 Å². The molecule has 164 valence electrons. The highest BCUT2D eigenvalue weighted by Gasteiger charge is 2.56. The fraction of sp³-hybridized carbons (Fsp3) is 0.519. The first-order valence-corrected chi connectivity index (χ1v) is 11.8. The summed E-state index contributed by atoms with van der Waals surface area (Å²) in [7, 11) is 0. The Hall–Kier alpha value is -2.80. The number of rotatable bonds is 2. The first kappa shape index (κ1) is 21.1. The predicted octanol–water partition coefficient (Wildman–Crippen LogP) is 5.61. The summed E-state index contributed by atoms with van der Waals surface area (Å²) in [4.78, 5) is 14.8. The number of fused-ring (bicyclic) bond motifs is 4. The Morgan fingerprint density at radius 3 is 2.78 bits per heavy atom. The van der Waals surface area contributed by atoms with Gasteiger partial charge in [-0.3, -0.25) is 4.79 Å². The van der Waals surface area contributed by atoms with Crippen LogP contribution in [0, 0.1) is 29.1 Å². The van der Waals surface area contributed by atoms with Crippen LogP contribution in [0.1, 0.15) is 68.9 Å². The van der Waals surface area contributed by atoms with E-state index in [4.69, 9.17) is 5.53 Å². The molecule has 1 N–H and O–H groups in total. The molecule has 0 radical (unpaired) electrons. The first-order chi connectivity index (χ1) is 15.5. The van der Waals surface area contributed by atoms with Crippen LogP contribution in [0.3, 0.4) is 0 Å². The van der Waals surface area contributed by atoms with Crippen molar-refractivity contribution >= 4 is 5.78 Å². The molecule has 0 heterocycles. The van der Waals surface area contributed by atoms with Crippen LogP contribution in [-0.2, 0) is 4.79 Å². The van der Waals surface area contributed by atoms with Crippen molar-refractivity contribution < 1.29 is 9.90 Å². The van der Waals surface area contributed by atoms with Crippen molar-refractivity contribution in [2.45, 2.75) is 63.9 Å². The minimum absolute atomic E-state index is 0.0567. The summed E-state index contributed by atoms with van der Waals surface area (Å²) in [5, 5.41) is 14.4. The van der Waals surface area contributed by atoms with E-state index in [2.05, 4.69) is 40.9 Å². The van der Waals surface area contributed by atoms with Gasteiger partial charge in [-0.05, 0) is 96.2 Å². The average molecular weight is 428 g/mol. The van der Waals surface area contributed by atoms with Crippen LogP contribution in [0.2, 0.25) is 0 Å². The molecule has 5 nitrogen and oxygen atoms in total. The molecule has 0 bridgehead atoms. The molecule has 4 unspecified atom stereocenters. The lowest BCUT2D eigenvalue weighted by Gasteiger charge is -2.52. The number of benzene rings is 1. The van der Waals surface area contributed by atoms with Crippen molar-refractivity contribution in [3.05, 3.63) is 68.6 Å². The van der Waals surface area contributed by atoms with Crippen molar-refractivity contribution in [2.24, 2.45) is 22.4 Å². The third-order valence-corrected chi connectivity index (χ3v) is 8.44. The maximum atomic E-state index is 12.1. The summed E-state index contributed by atoms with van der Waals surface area (Å²) in [6.07, 6.45) is 8.17. The number of azide groups is 1. The Morgan fingerprint density at radius 2 is 2.00 bits per heavy atom. The van der Waals surface area contributed by atoms with E-state index >= 15 is 0 Å². The van der Waals surface area contributed by atoms with Crippen LogP contribution in [-0.4, -0.2) is 23.5 Å². The first-order valence-electron chi connectivity index (χ1n) is 11.8. The Balaban J connectivity index is 1.56. The lowest BCUT2D eigenvalue weighted by molar-refractivity contribution is -0.114. The summed E-state index contributed by atoms with van der Waals surface area (Å²) in [5.41, 5.74) is 14.8. The Bertz CT molecular complexity index is 1110. The molecule has 5 atom stereocenters. The van der Waals surface area contributed by atoms with Crippen molar-refractivity contribution in [1.82, 2.24) is 0 Å². The number of ketones is 1. The Kier molecular flexibility index (Phi) is 5.45. The molecule has 5 rings (SSSR count). The maximum Gasteiger partial charge on any atom is 0.156 e. The van der Waals surface area contributed by atoms with Gasteiger partial charge in [-0.25, -0.2) is 0 Å². The lowest BCUT2D eigenvalue weighted by Crippen LogP contribution is -2.45. The highest BCUT2D eigenvalue weighted by Crippen LogP contribution is 2.63. The molecule has 32 heavy (non-hydrogen) atoms. The molecule has 0 amide bonds. The van der Waals surface area contributed by atoms with Gasteiger partial charge in [0.15, 0.2) is 5.78 Å². The van der Waals surface area contributed by atoms with E-state index in [1.54, 1.807) is 5.57 Å². The predicted molar refractivity (Wildman–Crippen MR) is 124 cm³/mol. The summed E-state index contributed by atoms with van der Waals surface area (Å²) in [6, 6.07) is 8.43. The van der Waals surface area contributed by atoms with E-state index in [0.29, 0.717) is 18.3 Å². The Morgan fingerprint density at radius 1 is 1.19 bits per heavy atom. The topological polar surface area (TPSA) is 86.1 Å². The minimum Gasteiger partial charge on any atom is -0.393 e. The number of hydrogen-bond acceptors (Lipinski definition) is 3. The lowest BCUT2D eigenvalue weighted by atomic mass is 9.53. The van der Waals surface area contributed by atoms with Crippen molar-refractivity contribution in [3.63, 3.8) is 0 Å². The molecule has 4 aliphatic rings. The fourth-order valence-corrected chi connectivity index (χ4v) is 6.94. The van der Waals surface area contributed by atoms with Gasteiger partial charge in [0.1, 0.15) is 0 Å². The zero-order valence-electron chi connectivity index (χ0n) is 18.6. The van der Waals surface area contributed by atoms with Gasteiger partial charge in [0.05, 0.1) is 12.6 Å². The Labute approximate surface area is 189 Å². The third-order valence-electron chi connectivity index (χ3n) is 8.44. The van der Waals surface area contributed by atoms with Gasteiger partial charge >= 0.3 is 0 Å². The standard InChI is InChI=1S/C27H29N3O2/c1-27-16-23(18-6-4-17(5-7-18)3-2-14-29-30-28)26-21-11-9-20(31)15-19(21)8-10-22(26)24(27)12-13-25(27)32/h4-7,15,22-25,32H,8-14,16H2,1H3/t22?,23-,24?,25?,27?/m1/s1. The number of aliphatic hydroxyl groups excluding tert-OH is 1. The van der Waals surface area contributed by atoms with E-state index in [1.165, 1.54) is 16.7 Å². The van der Waals surface area contributed by atoms with Gasteiger partial charge < -0.3 is 5.11 Å². The van der Waals surface area contributed by atoms with Crippen LogP contribution >= 0.6 is 0 Å². The van der Waals surface area contributed by atoms with Gasteiger partial charge in [-0.2, -0.15) is 0 Å². The van der Waals surface area contributed by atoms with Crippen LogP contribution < -0.4 is 0 Å². The second kappa shape index (κ2) is 8.28. The summed E-state index contributed by atoms with van der Waals surface area (Å²) in [6.45, 7) is 2.47. The molecule has 0 aromatic heterocycles. The van der Waals surface area contributed by atoms with E-state index in [0.717, 1.165) is 44.1 Å². The van der Waals surface area contributed by atoms with Crippen LogP contribution in [0.15, 0.2) is 52.2 Å². The highest BCUT2D eigenvalue weighted by molar-refractivity contribution is 5.93.